The Balaban J connectivity index is 0.000000682. The van der Waals surface area contributed by atoms with Crippen molar-refractivity contribution in [3.05, 3.63) is 132 Å². The first-order chi connectivity index (χ1) is 16.2. The van der Waals surface area contributed by atoms with Gasteiger partial charge in [-0.25, -0.2) is 9.97 Å². The second-order valence-corrected chi connectivity index (χ2v) is 7.53. The lowest BCUT2D eigenvalue weighted by Crippen LogP contribution is -2.06. The minimum absolute atomic E-state index is 0. The highest BCUT2D eigenvalue weighted by atomic mass is 35.5. The zero-order valence-corrected chi connectivity index (χ0v) is 19.2. The number of hydrogen-bond donors (Lipinski definition) is 2. The van der Waals surface area contributed by atoms with Gasteiger partial charge in [0.15, 0.2) is 0 Å². The number of hydrogen-bond acceptors (Lipinski definition) is 8. The van der Waals surface area contributed by atoms with Gasteiger partial charge in [0.2, 0.25) is 0 Å². The summed E-state index contributed by atoms with van der Waals surface area (Å²) in [6, 6.07) is 16.0. The molecule has 0 saturated carbocycles. The van der Waals surface area contributed by atoms with E-state index in [1.54, 1.807) is 30.5 Å². The molecule has 0 aliphatic rings. The maximum atomic E-state index is 10.7. The Hall–Kier alpha value is -4.02. The number of anilines is 1. The van der Waals surface area contributed by atoms with Crippen LogP contribution in [-0.2, 0) is 12.8 Å². The van der Waals surface area contributed by atoms with Crippen LogP contribution in [-0.4, -0.2) is 19.8 Å². The van der Waals surface area contributed by atoms with Gasteiger partial charge in [0.05, 0.1) is 21.2 Å². The van der Waals surface area contributed by atoms with E-state index in [1.807, 2.05) is 30.3 Å². The molecule has 0 fully saturated rings. The number of nitrogens with two attached hydrogens (primary N) is 1. The maximum absolute atomic E-state index is 10.7. The van der Waals surface area contributed by atoms with Gasteiger partial charge in [-0.15, -0.1) is 0 Å². The Bertz CT molecular complexity index is 1160. The normalized spacial score (nSPS) is 10.6. The zero-order chi connectivity index (χ0) is 24.9. The lowest BCUT2D eigenvalue weighted by Gasteiger charge is -2.08. The van der Waals surface area contributed by atoms with Gasteiger partial charge in [-0.2, -0.15) is 0 Å². The van der Waals surface area contributed by atoms with Gasteiger partial charge in [-0.3, -0.25) is 20.2 Å². The molecule has 0 radical (unpaired) electrons. The fourth-order valence-corrected chi connectivity index (χ4v) is 2.84. The highest BCUT2D eigenvalue weighted by Gasteiger charge is 2.06. The fraction of sp³-hybridized carbons (Fsp3) is 0.167. The molecule has 0 bridgehead atoms. The lowest BCUT2D eigenvalue weighted by molar-refractivity contribution is -0.403. The first-order valence-electron chi connectivity index (χ1n) is 9.68. The molecule has 0 spiro atoms. The Kier molecular flexibility index (Phi) is 14.7. The van der Waals surface area contributed by atoms with Crippen LogP contribution in [0, 0.1) is 20.2 Å². The number of rotatable bonds is 8. The average Bonchev–Trinajstić information content (AvgIpc) is 2.77. The molecule has 0 amide bonds. The van der Waals surface area contributed by atoms with Crippen LogP contribution >= 0.6 is 23.2 Å². The summed E-state index contributed by atoms with van der Waals surface area (Å²) in [6.45, 7) is 0. The molecule has 0 atom stereocenters. The number of nitro groups is 2. The quantitative estimate of drug-likeness (QED) is 0.199. The average molecular weight is 535 g/mol. The predicted octanol–water partition coefficient (Wildman–Crippen LogP) is 6.13. The van der Waals surface area contributed by atoms with E-state index in [0.717, 1.165) is 29.2 Å². The van der Waals surface area contributed by atoms with Crippen LogP contribution in [0.4, 0.5) is 5.69 Å². The standard InChI is InChI=1S/C14H12ClN3O2.C8H8ClN3O2.2CH4/c15-14-7-6-11(9-16-14)8-13(10-18(19)20)17-12-4-2-1-3-5-12;9-8-2-1-6(4-11-8)3-7(10)5-12(13)14;;/h1-7,9-10,17H,8H2;1-2,4-5H,3,10H2;2*1H4/b13-10+;7-5+;;. The zero-order valence-electron chi connectivity index (χ0n) is 17.7. The molecule has 3 aromatic rings. The minimum atomic E-state index is -0.585. The number of pyridine rings is 2. The third-order valence-electron chi connectivity index (χ3n) is 3.99. The van der Waals surface area contributed by atoms with Gasteiger partial charge in [-0.05, 0) is 35.4 Å². The molecular formula is C24H28Cl2N6O4. The molecule has 0 aliphatic heterocycles. The summed E-state index contributed by atoms with van der Waals surface area (Å²) in [5.41, 5.74) is 8.48. The van der Waals surface area contributed by atoms with E-state index in [1.165, 1.54) is 6.20 Å². The summed E-state index contributed by atoms with van der Waals surface area (Å²) < 4.78 is 0. The summed E-state index contributed by atoms with van der Waals surface area (Å²) in [7, 11) is 0. The van der Waals surface area contributed by atoms with Crippen LogP contribution in [0.5, 0.6) is 0 Å². The van der Waals surface area contributed by atoms with Crippen LogP contribution in [0.3, 0.4) is 0 Å². The number of nitrogens with one attached hydrogen (secondary N) is 1. The Morgan fingerprint density at radius 2 is 1.33 bits per heavy atom. The number of allylic oxidation sites excluding steroid dienone is 2. The van der Waals surface area contributed by atoms with Gasteiger partial charge in [0.1, 0.15) is 10.3 Å². The van der Waals surface area contributed by atoms with Gasteiger partial charge in [0.25, 0.3) is 12.4 Å². The van der Waals surface area contributed by atoms with Crippen LogP contribution < -0.4 is 11.1 Å². The molecule has 2 heterocycles. The van der Waals surface area contributed by atoms with E-state index >= 15 is 0 Å². The molecule has 192 valence electrons. The fourth-order valence-electron chi connectivity index (χ4n) is 2.61. The minimum Gasteiger partial charge on any atom is -0.397 e. The Morgan fingerprint density at radius 1 is 0.833 bits per heavy atom. The smallest absolute Gasteiger partial charge is 0.253 e. The lowest BCUT2D eigenvalue weighted by atomic mass is 10.1. The van der Waals surface area contributed by atoms with Crippen molar-refractivity contribution in [2.75, 3.05) is 5.32 Å². The van der Waals surface area contributed by atoms with Crippen molar-refractivity contribution < 1.29 is 9.85 Å². The molecule has 1 aromatic carbocycles. The van der Waals surface area contributed by atoms with Crippen LogP contribution in [0.15, 0.2) is 90.8 Å². The van der Waals surface area contributed by atoms with E-state index in [4.69, 9.17) is 28.9 Å². The SMILES string of the molecule is C.C.N/C(=C/[N+](=O)[O-])Cc1ccc(Cl)nc1.O=[N+]([O-])/C=C(\Cc1ccc(Cl)nc1)Nc1ccccc1. The first kappa shape index (κ1) is 32.0. The Labute approximate surface area is 219 Å². The monoisotopic (exact) mass is 534 g/mol. The highest BCUT2D eigenvalue weighted by molar-refractivity contribution is 6.29. The van der Waals surface area contributed by atoms with Crippen molar-refractivity contribution in [2.45, 2.75) is 27.7 Å². The van der Waals surface area contributed by atoms with E-state index < -0.39 is 9.85 Å². The molecule has 3 N–H and O–H groups in total. The summed E-state index contributed by atoms with van der Waals surface area (Å²) in [5, 5.41) is 24.6. The molecule has 0 aliphatic carbocycles. The molecule has 12 heteroatoms. The summed E-state index contributed by atoms with van der Waals surface area (Å²) in [5.74, 6) is 0. The van der Waals surface area contributed by atoms with Crippen LogP contribution in [0.1, 0.15) is 26.0 Å². The third-order valence-corrected chi connectivity index (χ3v) is 4.44. The topological polar surface area (TPSA) is 150 Å². The van der Waals surface area contributed by atoms with Crippen molar-refractivity contribution in [3.63, 3.8) is 0 Å². The van der Waals surface area contributed by atoms with E-state index in [2.05, 4.69) is 15.3 Å². The number of halogens is 2. The molecule has 36 heavy (non-hydrogen) atoms. The number of aromatic nitrogens is 2. The van der Waals surface area contributed by atoms with Crippen molar-refractivity contribution in [2.24, 2.45) is 5.73 Å². The molecule has 0 unspecified atom stereocenters. The molecule has 2 aromatic heterocycles. The van der Waals surface area contributed by atoms with Gasteiger partial charge < -0.3 is 11.1 Å². The van der Waals surface area contributed by atoms with Gasteiger partial charge >= 0.3 is 0 Å². The summed E-state index contributed by atoms with van der Waals surface area (Å²) in [6.07, 6.45) is 5.53. The summed E-state index contributed by atoms with van der Waals surface area (Å²) >= 11 is 11.3. The predicted molar refractivity (Wildman–Crippen MR) is 144 cm³/mol. The van der Waals surface area contributed by atoms with Crippen LogP contribution in [0.25, 0.3) is 0 Å². The molecule has 10 nitrogen and oxygen atoms in total. The second kappa shape index (κ2) is 16.6. The molecular weight excluding hydrogens is 507 g/mol. The van der Waals surface area contributed by atoms with E-state index in [-0.39, 0.29) is 20.6 Å². The van der Waals surface area contributed by atoms with Crippen molar-refractivity contribution in [1.82, 2.24) is 9.97 Å². The second-order valence-electron chi connectivity index (χ2n) is 6.75. The van der Waals surface area contributed by atoms with Crippen molar-refractivity contribution >= 4 is 28.9 Å². The first-order valence-corrected chi connectivity index (χ1v) is 10.4. The van der Waals surface area contributed by atoms with E-state index in [0.29, 0.717) is 28.8 Å². The largest absolute Gasteiger partial charge is 0.397 e. The third kappa shape index (κ3) is 13.0. The van der Waals surface area contributed by atoms with Gasteiger partial charge in [-0.1, -0.05) is 68.4 Å². The number of benzene rings is 1. The number of nitrogens with zero attached hydrogens (tertiary/aromatic N) is 4. The Morgan fingerprint density at radius 3 is 1.78 bits per heavy atom. The van der Waals surface area contributed by atoms with Crippen molar-refractivity contribution in [1.29, 1.82) is 0 Å². The van der Waals surface area contributed by atoms with Gasteiger partial charge in [0, 0.05) is 30.9 Å². The van der Waals surface area contributed by atoms with E-state index in [9.17, 15) is 20.2 Å². The highest BCUT2D eigenvalue weighted by Crippen LogP contribution is 2.14. The summed E-state index contributed by atoms with van der Waals surface area (Å²) in [4.78, 5) is 27.5. The van der Waals surface area contributed by atoms with Crippen molar-refractivity contribution in [3.8, 4) is 0 Å². The molecule has 3 rings (SSSR count). The maximum Gasteiger partial charge on any atom is 0.253 e. The number of para-hydroxylation sites is 1. The molecule has 0 saturated heterocycles. The van der Waals surface area contributed by atoms with Crippen LogP contribution in [0.2, 0.25) is 10.3 Å².